The number of hydrogen-bond donors (Lipinski definition) is 0. The first kappa shape index (κ1) is 29.6. The first-order valence-corrected chi connectivity index (χ1v) is 10.8. The van der Waals surface area contributed by atoms with Gasteiger partial charge in [0, 0.05) is 5.56 Å². The Morgan fingerprint density at radius 1 is 0.816 bits per heavy atom. The molecule has 1 atom stereocenters. The molecule has 2 aliphatic heterocycles. The molecular weight excluding hydrogens is 539 g/mol. The van der Waals surface area contributed by atoms with Crippen LogP contribution >= 0.6 is 0 Å². The molecule has 0 aliphatic carbocycles. The molecule has 0 aromatic heterocycles. The van der Waals surface area contributed by atoms with E-state index in [2.05, 4.69) is 4.74 Å². The van der Waals surface area contributed by atoms with Gasteiger partial charge in [-0.25, -0.2) is 0 Å². The molecule has 1 unspecified atom stereocenters. The minimum atomic E-state index is -5.72. The Morgan fingerprint density at radius 2 is 1.45 bits per heavy atom. The van der Waals surface area contributed by atoms with Gasteiger partial charge in [0.15, 0.2) is 11.9 Å². The number of ether oxygens (including phenoxy) is 4. The lowest BCUT2D eigenvalue weighted by Crippen LogP contribution is -2.53. The van der Waals surface area contributed by atoms with Crippen molar-refractivity contribution < 1.29 is 63.3 Å². The number of hydrogen-bond acceptors (Lipinski definition) is 5. The van der Waals surface area contributed by atoms with Crippen molar-refractivity contribution in [2.45, 2.75) is 49.7 Å². The number of aldehydes is 1. The third kappa shape index (κ3) is 4.79. The largest absolute Gasteiger partial charge is 0.497 e. The van der Waals surface area contributed by atoms with Gasteiger partial charge >= 0.3 is 18.5 Å². The third-order valence-corrected chi connectivity index (χ3v) is 6.33. The summed E-state index contributed by atoms with van der Waals surface area (Å²) >= 11 is 0. The van der Waals surface area contributed by atoms with Gasteiger partial charge in [0.05, 0.1) is 33.0 Å². The first-order chi connectivity index (χ1) is 17.5. The molecule has 0 N–H and O–H groups in total. The van der Waals surface area contributed by atoms with E-state index in [1.54, 1.807) is 6.07 Å². The van der Waals surface area contributed by atoms with Crippen LogP contribution in [-0.4, -0.2) is 45.6 Å². The van der Waals surface area contributed by atoms with Crippen molar-refractivity contribution in [1.82, 2.24) is 0 Å². The smallest absolute Gasteiger partial charge is 0.430 e. The topological polar surface area (TPSA) is 54.0 Å². The molecule has 0 saturated heterocycles. The molecule has 0 bridgehead atoms. The highest BCUT2D eigenvalue weighted by molar-refractivity contribution is 5.80. The molecular formula is C24H21F9O5. The molecule has 2 aromatic carbocycles. The van der Waals surface area contributed by atoms with Gasteiger partial charge in [-0.3, -0.25) is 4.79 Å². The predicted molar refractivity (Wildman–Crippen MR) is 113 cm³/mol. The Morgan fingerprint density at radius 3 is 1.95 bits per heavy atom. The van der Waals surface area contributed by atoms with Crippen molar-refractivity contribution >= 4 is 6.29 Å². The molecule has 2 heterocycles. The number of benzene rings is 2. The second-order valence-electron chi connectivity index (χ2n) is 8.49. The normalized spacial score (nSPS) is 20.5. The van der Waals surface area contributed by atoms with E-state index >= 15 is 0 Å². The molecule has 5 nitrogen and oxygen atoms in total. The fourth-order valence-electron chi connectivity index (χ4n) is 4.29. The summed E-state index contributed by atoms with van der Waals surface area (Å²) in [4.78, 5) is 10.8. The van der Waals surface area contributed by atoms with Gasteiger partial charge in [-0.1, -0.05) is 6.07 Å². The van der Waals surface area contributed by atoms with Crippen LogP contribution in [0.5, 0.6) is 11.5 Å². The van der Waals surface area contributed by atoms with Crippen molar-refractivity contribution in [3.63, 3.8) is 0 Å². The summed E-state index contributed by atoms with van der Waals surface area (Å²) in [7, 11) is 2.63. The van der Waals surface area contributed by atoms with Crippen LogP contribution in [0.3, 0.4) is 0 Å². The zero-order chi connectivity index (χ0) is 28.7. The van der Waals surface area contributed by atoms with Crippen LogP contribution < -0.4 is 9.47 Å². The molecule has 38 heavy (non-hydrogen) atoms. The van der Waals surface area contributed by atoms with E-state index in [0.29, 0.717) is 23.8 Å². The Kier molecular flexibility index (Phi) is 7.74. The second-order valence-corrected chi connectivity index (χ2v) is 8.49. The molecule has 4 rings (SSSR count). The number of carbonyl (C=O) groups is 1. The number of alkyl halides is 9. The van der Waals surface area contributed by atoms with Gasteiger partial charge in [0.1, 0.15) is 11.5 Å². The first-order valence-electron chi connectivity index (χ1n) is 10.8. The number of methoxy groups -OCH3 is 2. The second kappa shape index (κ2) is 9.95. The van der Waals surface area contributed by atoms with E-state index in [0.717, 1.165) is 20.1 Å². The summed E-state index contributed by atoms with van der Waals surface area (Å²) in [5, 5.41) is 0. The average Bonchev–Trinajstić information content (AvgIpc) is 3.22. The summed E-state index contributed by atoms with van der Waals surface area (Å²) in [6.45, 7) is 0.248. The average molecular weight is 560 g/mol. The molecule has 0 saturated carbocycles. The predicted octanol–water partition coefficient (Wildman–Crippen LogP) is 6.40. The van der Waals surface area contributed by atoms with Crippen LogP contribution in [0.4, 0.5) is 39.5 Å². The van der Waals surface area contributed by atoms with Crippen molar-refractivity contribution in [3.8, 4) is 11.5 Å². The fourth-order valence-corrected chi connectivity index (χ4v) is 4.29. The van der Waals surface area contributed by atoms with E-state index in [-0.39, 0.29) is 29.8 Å². The fraction of sp³-hybridized carbons (Fsp3) is 0.458. The minimum Gasteiger partial charge on any atom is -0.497 e. The van der Waals surface area contributed by atoms with Crippen molar-refractivity contribution in [1.29, 1.82) is 0 Å². The molecule has 0 radical (unpaired) electrons. The lowest BCUT2D eigenvalue weighted by Gasteiger charge is -2.37. The highest BCUT2D eigenvalue weighted by Gasteiger charge is 2.75. The number of fused-ring (bicyclic) bond motifs is 2. The Balaban J connectivity index is 0.000000215. The lowest BCUT2D eigenvalue weighted by atomic mass is 9.87. The van der Waals surface area contributed by atoms with Crippen LogP contribution in [0, 0.1) is 0 Å². The Bertz CT molecular complexity index is 1170. The maximum absolute atomic E-state index is 13.0. The number of carbonyl (C=O) groups excluding carboxylic acids is 1. The lowest BCUT2D eigenvalue weighted by molar-refractivity contribution is -0.385. The van der Waals surface area contributed by atoms with E-state index < -0.39 is 47.5 Å². The Hall–Kier alpha value is -3.00. The summed E-state index contributed by atoms with van der Waals surface area (Å²) < 4.78 is 136. The van der Waals surface area contributed by atoms with E-state index in [9.17, 15) is 44.3 Å². The van der Waals surface area contributed by atoms with Crippen LogP contribution in [0.15, 0.2) is 30.3 Å². The maximum atomic E-state index is 13.0. The zero-order valence-corrected chi connectivity index (χ0v) is 20.0. The quantitative estimate of drug-likeness (QED) is 0.321. The molecule has 210 valence electrons. The molecule has 14 heteroatoms. The van der Waals surface area contributed by atoms with Gasteiger partial charge in [-0.05, 0) is 54.3 Å². The Labute approximate surface area is 210 Å². The SMILES string of the molecule is COc1cc2c(cc1C=O)C(C(F)(F)F)(C(F)(F)F)OC2.COc1ccc2c(c1)CCOC2(C)C(F)(F)F. The third-order valence-electron chi connectivity index (χ3n) is 6.33. The van der Waals surface area contributed by atoms with Gasteiger partial charge in [-0.15, -0.1) is 0 Å². The van der Waals surface area contributed by atoms with E-state index in [1.807, 2.05) is 0 Å². The molecule has 0 spiro atoms. The summed E-state index contributed by atoms with van der Waals surface area (Å²) in [5.74, 6) is 0.447. The van der Waals surface area contributed by atoms with Crippen LogP contribution in [0.2, 0.25) is 0 Å². The van der Waals surface area contributed by atoms with Crippen molar-refractivity contribution in [3.05, 3.63) is 58.1 Å². The molecule has 2 aromatic rings. The summed E-state index contributed by atoms with van der Waals surface area (Å²) in [6, 6.07) is 6.05. The molecule has 0 fully saturated rings. The number of halogens is 9. The highest BCUT2D eigenvalue weighted by Crippen LogP contribution is 2.57. The van der Waals surface area contributed by atoms with Gasteiger partial charge in [-0.2, -0.15) is 39.5 Å². The number of rotatable bonds is 3. The van der Waals surface area contributed by atoms with Crippen LogP contribution in [0.25, 0.3) is 0 Å². The zero-order valence-electron chi connectivity index (χ0n) is 20.0. The maximum Gasteiger partial charge on any atom is 0.430 e. The van der Waals surface area contributed by atoms with Crippen LogP contribution in [0.1, 0.15) is 39.5 Å². The van der Waals surface area contributed by atoms with Crippen LogP contribution in [-0.2, 0) is 33.7 Å². The summed E-state index contributed by atoms with van der Waals surface area (Å²) in [6.07, 6.45) is -15.3. The van der Waals surface area contributed by atoms with E-state index in [1.165, 1.54) is 19.2 Å². The molecule has 2 aliphatic rings. The van der Waals surface area contributed by atoms with Crippen molar-refractivity contribution in [2.75, 3.05) is 20.8 Å². The van der Waals surface area contributed by atoms with Gasteiger partial charge in [0.25, 0.3) is 5.60 Å². The molecule has 0 amide bonds. The summed E-state index contributed by atoms with van der Waals surface area (Å²) in [5.41, 5.74) is -7.71. The van der Waals surface area contributed by atoms with Crippen molar-refractivity contribution in [2.24, 2.45) is 0 Å². The minimum absolute atomic E-state index is 0.0657. The monoisotopic (exact) mass is 560 g/mol. The van der Waals surface area contributed by atoms with Gasteiger partial charge < -0.3 is 18.9 Å². The van der Waals surface area contributed by atoms with E-state index in [4.69, 9.17) is 14.2 Å². The highest BCUT2D eigenvalue weighted by atomic mass is 19.4. The van der Waals surface area contributed by atoms with Gasteiger partial charge in [0.2, 0.25) is 0 Å². The standard InChI is InChI=1S/C12H8F6O3.C12H13F3O2/c1-20-9-3-7-5-21-10(11(13,14)15,12(16,17)18)8(7)2-6(9)4-19;1-11(12(13,14)15)10-4-3-9(16-2)7-8(10)5-6-17-11/h2-4H,5H2,1H3;3-4,7H,5-6H2,1-2H3.